The van der Waals surface area contributed by atoms with E-state index in [1.54, 1.807) is 4.68 Å². The van der Waals surface area contributed by atoms with Gasteiger partial charge in [-0.2, -0.15) is 0 Å². The summed E-state index contributed by atoms with van der Waals surface area (Å²) in [5, 5.41) is 14.2. The molecule has 1 aromatic heterocycles. The summed E-state index contributed by atoms with van der Waals surface area (Å²) in [6.45, 7) is 3.31. The third kappa shape index (κ3) is 3.44. The fraction of sp³-hybridized carbons (Fsp3) is 0.500. The third-order valence-corrected chi connectivity index (χ3v) is 5.20. The van der Waals surface area contributed by atoms with Crippen molar-refractivity contribution in [1.82, 2.24) is 25.1 Å². The second-order valence-corrected chi connectivity index (χ2v) is 7.12. The van der Waals surface area contributed by atoms with Crippen LogP contribution in [0.25, 0.3) is 5.69 Å². The minimum absolute atomic E-state index is 0.0143. The molecule has 2 aliphatic rings. The normalized spacial score (nSPS) is 18.0. The molecule has 0 unspecified atom stereocenters. The van der Waals surface area contributed by atoms with Crippen LogP contribution in [0.1, 0.15) is 31.2 Å². The molecule has 1 N–H and O–H groups in total. The number of nitrogens with zero attached hydrogens (tertiary/aromatic N) is 5. The van der Waals surface area contributed by atoms with Gasteiger partial charge >= 0.3 is 0 Å². The van der Waals surface area contributed by atoms with E-state index in [2.05, 4.69) is 20.8 Å². The van der Waals surface area contributed by atoms with Gasteiger partial charge in [-0.3, -0.25) is 9.59 Å². The van der Waals surface area contributed by atoms with Gasteiger partial charge in [-0.05, 0) is 60.7 Å². The fourth-order valence-corrected chi connectivity index (χ4v) is 3.35. The molecule has 2 aromatic rings. The number of nitrogens with one attached hydrogen (secondary N) is 1. The second-order valence-electron chi connectivity index (χ2n) is 7.12. The maximum Gasteiger partial charge on any atom is 0.227 e. The molecule has 4 rings (SSSR count). The van der Waals surface area contributed by atoms with Gasteiger partial charge in [-0.25, -0.2) is 4.68 Å². The van der Waals surface area contributed by atoms with E-state index in [1.165, 1.54) is 6.33 Å². The highest BCUT2D eigenvalue weighted by Crippen LogP contribution is 2.32. The molecule has 2 heterocycles. The van der Waals surface area contributed by atoms with E-state index in [-0.39, 0.29) is 23.7 Å². The highest BCUT2D eigenvalue weighted by atomic mass is 16.2. The first-order valence-corrected chi connectivity index (χ1v) is 9.05. The van der Waals surface area contributed by atoms with Crippen LogP contribution in [-0.4, -0.2) is 50.0 Å². The standard InChI is InChI=1S/C18H22N6O2/c1-12-2-5-15(24-11-19-21-22-24)10-16(12)20-17(25)13-6-8-23(9-7-13)18(26)14-3-4-14/h2,5,10-11,13-14H,3-4,6-9H2,1H3,(H,20,25). The van der Waals surface area contributed by atoms with Crippen molar-refractivity contribution in [3.05, 3.63) is 30.1 Å². The average Bonchev–Trinajstić information content (AvgIpc) is 3.37. The number of tetrazole rings is 1. The van der Waals surface area contributed by atoms with E-state index in [0.717, 1.165) is 42.6 Å². The summed E-state index contributed by atoms with van der Waals surface area (Å²) < 4.78 is 1.55. The molecule has 1 saturated heterocycles. The lowest BCUT2D eigenvalue weighted by Gasteiger charge is -2.31. The molecular formula is C18H22N6O2. The first-order valence-electron chi connectivity index (χ1n) is 9.05. The lowest BCUT2D eigenvalue weighted by Crippen LogP contribution is -2.42. The van der Waals surface area contributed by atoms with Crippen LogP contribution in [0.15, 0.2) is 24.5 Å². The van der Waals surface area contributed by atoms with Crippen LogP contribution in [0.4, 0.5) is 5.69 Å². The zero-order valence-electron chi connectivity index (χ0n) is 14.8. The molecule has 1 saturated carbocycles. The number of piperidine rings is 1. The van der Waals surface area contributed by atoms with Gasteiger partial charge in [0.15, 0.2) is 0 Å². The number of likely N-dealkylation sites (tertiary alicyclic amines) is 1. The summed E-state index contributed by atoms with van der Waals surface area (Å²) in [5.74, 6) is 0.473. The number of hydrogen-bond acceptors (Lipinski definition) is 5. The summed E-state index contributed by atoms with van der Waals surface area (Å²) in [6.07, 6.45) is 5.00. The molecule has 0 bridgehead atoms. The van der Waals surface area contributed by atoms with Gasteiger partial charge in [-0.15, -0.1) is 5.10 Å². The van der Waals surface area contributed by atoms with E-state index in [4.69, 9.17) is 0 Å². The Morgan fingerprint density at radius 3 is 2.54 bits per heavy atom. The number of rotatable bonds is 4. The van der Waals surface area contributed by atoms with Crippen molar-refractivity contribution >= 4 is 17.5 Å². The summed E-state index contributed by atoms with van der Waals surface area (Å²) in [5.41, 5.74) is 2.54. The van der Waals surface area contributed by atoms with Crippen LogP contribution in [-0.2, 0) is 9.59 Å². The van der Waals surface area contributed by atoms with Crippen LogP contribution in [0.2, 0.25) is 0 Å². The van der Waals surface area contributed by atoms with Crippen LogP contribution in [0.5, 0.6) is 0 Å². The smallest absolute Gasteiger partial charge is 0.227 e. The molecule has 1 aliphatic heterocycles. The van der Waals surface area contributed by atoms with Gasteiger partial charge in [0.2, 0.25) is 11.8 Å². The molecule has 1 aromatic carbocycles. The van der Waals surface area contributed by atoms with Crippen molar-refractivity contribution in [1.29, 1.82) is 0 Å². The van der Waals surface area contributed by atoms with E-state index in [9.17, 15) is 9.59 Å². The number of amides is 2. The molecule has 2 amide bonds. The van der Waals surface area contributed by atoms with Crippen molar-refractivity contribution in [2.45, 2.75) is 32.6 Å². The van der Waals surface area contributed by atoms with Gasteiger partial charge in [0.25, 0.3) is 0 Å². The lowest BCUT2D eigenvalue weighted by molar-refractivity contribution is -0.135. The number of hydrogen-bond donors (Lipinski definition) is 1. The Labute approximate surface area is 151 Å². The Balaban J connectivity index is 1.39. The number of aryl methyl sites for hydroxylation is 1. The molecule has 1 aliphatic carbocycles. The Kier molecular flexibility index (Phi) is 4.40. The van der Waals surface area contributed by atoms with Crippen LogP contribution in [0.3, 0.4) is 0 Å². The Morgan fingerprint density at radius 2 is 1.88 bits per heavy atom. The average molecular weight is 354 g/mol. The number of anilines is 1. The molecule has 0 spiro atoms. The van der Waals surface area contributed by atoms with Crippen molar-refractivity contribution in [2.24, 2.45) is 11.8 Å². The molecule has 8 nitrogen and oxygen atoms in total. The number of benzene rings is 1. The number of carbonyl (C=O) groups is 2. The first-order chi connectivity index (χ1) is 12.6. The molecule has 26 heavy (non-hydrogen) atoms. The molecule has 0 radical (unpaired) electrons. The zero-order chi connectivity index (χ0) is 18.1. The van der Waals surface area contributed by atoms with Crippen LogP contribution < -0.4 is 5.32 Å². The van der Waals surface area contributed by atoms with Crippen LogP contribution >= 0.6 is 0 Å². The lowest BCUT2D eigenvalue weighted by atomic mass is 9.95. The van der Waals surface area contributed by atoms with Gasteiger partial charge in [-0.1, -0.05) is 6.07 Å². The minimum Gasteiger partial charge on any atom is -0.342 e. The van der Waals surface area contributed by atoms with Crippen molar-refractivity contribution in [3.8, 4) is 5.69 Å². The first kappa shape index (κ1) is 16.7. The van der Waals surface area contributed by atoms with Gasteiger partial charge < -0.3 is 10.2 Å². The summed E-state index contributed by atoms with van der Waals surface area (Å²) >= 11 is 0. The monoisotopic (exact) mass is 354 g/mol. The maximum absolute atomic E-state index is 12.7. The van der Waals surface area contributed by atoms with Gasteiger partial charge in [0.1, 0.15) is 6.33 Å². The zero-order valence-corrected chi connectivity index (χ0v) is 14.8. The molecular weight excluding hydrogens is 332 g/mol. The van der Waals surface area contributed by atoms with Gasteiger partial charge in [0.05, 0.1) is 5.69 Å². The van der Waals surface area contributed by atoms with Crippen molar-refractivity contribution in [2.75, 3.05) is 18.4 Å². The van der Waals surface area contributed by atoms with E-state index >= 15 is 0 Å². The highest BCUT2D eigenvalue weighted by Gasteiger charge is 2.36. The minimum atomic E-state index is -0.0608. The quantitative estimate of drug-likeness (QED) is 0.899. The predicted molar refractivity (Wildman–Crippen MR) is 94.5 cm³/mol. The summed E-state index contributed by atoms with van der Waals surface area (Å²) in [4.78, 5) is 26.7. The van der Waals surface area contributed by atoms with E-state index < -0.39 is 0 Å². The Bertz CT molecular complexity index is 807. The number of carbonyl (C=O) groups excluding carboxylic acids is 2. The molecule has 136 valence electrons. The van der Waals surface area contributed by atoms with E-state index in [0.29, 0.717) is 13.1 Å². The molecule has 8 heteroatoms. The largest absolute Gasteiger partial charge is 0.342 e. The van der Waals surface area contributed by atoms with Crippen LogP contribution in [0, 0.1) is 18.8 Å². The predicted octanol–water partition coefficient (Wildman–Crippen LogP) is 1.56. The SMILES string of the molecule is Cc1ccc(-n2cnnn2)cc1NC(=O)C1CCN(C(=O)C2CC2)CC1. The van der Waals surface area contributed by atoms with Crippen molar-refractivity contribution < 1.29 is 9.59 Å². The maximum atomic E-state index is 12.7. The van der Waals surface area contributed by atoms with Gasteiger partial charge in [0, 0.05) is 30.6 Å². The number of aromatic nitrogens is 4. The van der Waals surface area contributed by atoms with Crippen molar-refractivity contribution in [3.63, 3.8) is 0 Å². The fourth-order valence-electron chi connectivity index (χ4n) is 3.35. The Morgan fingerprint density at radius 1 is 1.12 bits per heavy atom. The topological polar surface area (TPSA) is 93.0 Å². The molecule has 2 fully saturated rings. The summed E-state index contributed by atoms with van der Waals surface area (Å²) in [6, 6.07) is 5.71. The third-order valence-electron chi connectivity index (χ3n) is 5.20. The molecule has 0 atom stereocenters. The Hall–Kier alpha value is -2.77. The highest BCUT2D eigenvalue weighted by molar-refractivity contribution is 5.93. The summed E-state index contributed by atoms with van der Waals surface area (Å²) in [7, 11) is 0. The van der Waals surface area contributed by atoms with E-state index in [1.807, 2.05) is 30.0 Å². The second kappa shape index (κ2) is 6.86.